The van der Waals surface area contributed by atoms with Gasteiger partial charge < -0.3 is 15.5 Å². The third-order valence-electron chi connectivity index (χ3n) is 4.84. The molecule has 152 valence electrons. The van der Waals surface area contributed by atoms with E-state index in [-0.39, 0.29) is 17.7 Å². The first-order valence-corrected chi connectivity index (χ1v) is 10.1. The first-order chi connectivity index (χ1) is 14.0. The monoisotopic (exact) mass is 413 g/mol. The van der Waals surface area contributed by atoms with Crippen molar-refractivity contribution in [1.82, 2.24) is 10.2 Å². The largest absolute Gasteiger partial charge is 0.354 e. The molecule has 0 bridgehead atoms. The van der Waals surface area contributed by atoms with E-state index in [0.29, 0.717) is 41.3 Å². The van der Waals surface area contributed by atoms with Gasteiger partial charge in [0.2, 0.25) is 5.91 Å². The van der Waals surface area contributed by atoms with E-state index in [0.717, 1.165) is 12.8 Å². The molecule has 1 fully saturated rings. The summed E-state index contributed by atoms with van der Waals surface area (Å²) in [5.41, 5.74) is 1.52. The number of nitrogens with one attached hydrogen (secondary N) is 2. The second-order valence-electron chi connectivity index (χ2n) is 6.99. The fraction of sp³-hybridized carbons (Fsp3) is 0.318. The highest BCUT2D eigenvalue weighted by atomic mass is 35.5. The maximum Gasteiger partial charge on any atom is 0.255 e. The molecular formula is C22H24ClN3O3. The molecule has 6 nitrogen and oxygen atoms in total. The molecule has 1 atom stereocenters. The number of benzene rings is 2. The van der Waals surface area contributed by atoms with Crippen LogP contribution in [0.15, 0.2) is 48.5 Å². The molecule has 3 amide bonds. The van der Waals surface area contributed by atoms with Crippen LogP contribution in [0.4, 0.5) is 5.69 Å². The van der Waals surface area contributed by atoms with Gasteiger partial charge in [-0.3, -0.25) is 14.4 Å². The number of rotatable bonds is 6. The SMILES string of the molecule is CCCNC(=O)[C@H]1CCCN1C(=O)c1ccc(NC(=O)c2cccc(Cl)c2)cc1. The van der Waals surface area contributed by atoms with E-state index in [2.05, 4.69) is 10.6 Å². The molecule has 0 aliphatic carbocycles. The molecule has 3 rings (SSSR count). The van der Waals surface area contributed by atoms with Crippen LogP contribution >= 0.6 is 11.6 Å². The Morgan fingerprint density at radius 2 is 1.86 bits per heavy atom. The summed E-state index contributed by atoms with van der Waals surface area (Å²) in [6.07, 6.45) is 2.34. The first-order valence-electron chi connectivity index (χ1n) is 9.75. The number of hydrogen-bond donors (Lipinski definition) is 2. The molecule has 0 aromatic heterocycles. The fourth-order valence-electron chi connectivity index (χ4n) is 3.34. The van der Waals surface area contributed by atoms with Crippen LogP contribution in [0.2, 0.25) is 5.02 Å². The van der Waals surface area contributed by atoms with Gasteiger partial charge in [-0.2, -0.15) is 0 Å². The van der Waals surface area contributed by atoms with Crippen LogP contribution in [0.5, 0.6) is 0 Å². The zero-order valence-corrected chi connectivity index (χ0v) is 17.0. The maximum atomic E-state index is 12.9. The van der Waals surface area contributed by atoms with Crippen molar-refractivity contribution < 1.29 is 14.4 Å². The molecule has 1 heterocycles. The average molecular weight is 414 g/mol. The molecule has 0 radical (unpaired) electrons. The summed E-state index contributed by atoms with van der Waals surface area (Å²) < 4.78 is 0. The van der Waals surface area contributed by atoms with Gasteiger partial charge in [0.1, 0.15) is 6.04 Å². The zero-order chi connectivity index (χ0) is 20.8. The van der Waals surface area contributed by atoms with Crippen LogP contribution in [-0.2, 0) is 4.79 Å². The number of anilines is 1. The predicted molar refractivity (Wildman–Crippen MR) is 113 cm³/mol. The number of halogens is 1. The summed E-state index contributed by atoms with van der Waals surface area (Å²) in [7, 11) is 0. The van der Waals surface area contributed by atoms with Crippen LogP contribution in [-0.4, -0.2) is 41.8 Å². The van der Waals surface area contributed by atoms with Gasteiger partial charge in [-0.15, -0.1) is 0 Å². The third kappa shape index (κ3) is 5.15. The Kier molecular flexibility index (Phi) is 6.88. The van der Waals surface area contributed by atoms with Crippen molar-refractivity contribution in [1.29, 1.82) is 0 Å². The minimum atomic E-state index is -0.420. The molecule has 2 N–H and O–H groups in total. The molecule has 1 aliphatic rings. The minimum Gasteiger partial charge on any atom is -0.354 e. The van der Waals surface area contributed by atoms with Crippen LogP contribution in [0.25, 0.3) is 0 Å². The van der Waals surface area contributed by atoms with Crippen molar-refractivity contribution in [2.24, 2.45) is 0 Å². The van der Waals surface area contributed by atoms with Crippen molar-refractivity contribution in [2.45, 2.75) is 32.2 Å². The Balaban J connectivity index is 1.65. The number of nitrogens with zero attached hydrogens (tertiary/aromatic N) is 1. The topological polar surface area (TPSA) is 78.5 Å². The normalized spacial score (nSPS) is 15.8. The lowest BCUT2D eigenvalue weighted by molar-refractivity contribution is -0.124. The average Bonchev–Trinajstić information content (AvgIpc) is 3.22. The highest BCUT2D eigenvalue weighted by Gasteiger charge is 2.34. The molecule has 2 aromatic rings. The van der Waals surface area contributed by atoms with Crippen molar-refractivity contribution in [3.8, 4) is 0 Å². The Hall–Kier alpha value is -2.86. The van der Waals surface area contributed by atoms with Crippen LogP contribution in [0.3, 0.4) is 0 Å². The molecule has 1 saturated heterocycles. The zero-order valence-electron chi connectivity index (χ0n) is 16.3. The van der Waals surface area contributed by atoms with Gasteiger partial charge in [0.05, 0.1) is 0 Å². The molecule has 0 unspecified atom stereocenters. The smallest absolute Gasteiger partial charge is 0.255 e. The number of carbonyl (C=O) groups excluding carboxylic acids is 3. The van der Waals surface area contributed by atoms with E-state index in [9.17, 15) is 14.4 Å². The summed E-state index contributed by atoms with van der Waals surface area (Å²) in [6, 6.07) is 12.9. The van der Waals surface area contributed by atoms with E-state index >= 15 is 0 Å². The molecule has 1 aliphatic heterocycles. The molecule has 0 spiro atoms. The number of carbonyl (C=O) groups is 3. The molecule has 29 heavy (non-hydrogen) atoms. The van der Waals surface area contributed by atoms with Crippen LogP contribution in [0, 0.1) is 0 Å². The lowest BCUT2D eigenvalue weighted by Gasteiger charge is -2.24. The number of amides is 3. The second-order valence-corrected chi connectivity index (χ2v) is 7.43. The van der Waals surface area contributed by atoms with Gasteiger partial charge in [-0.05, 0) is 61.7 Å². The van der Waals surface area contributed by atoms with Crippen molar-refractivity contribution >= 4 is 35.0 Å². The summed E-state index contributed by atoms with van der Waals surface area (Å²) in [6.45, 7) is 3.17. The van der Waals surface area contributed by atoms with Gasteiger partial charge in [-0.1, -0.05) is 24.6 Å². The Labute approximate surface area is 175 Å². The van der Waals surface area contributed by atoms with Gasteiger partial charge in [0.25, 0.3) is 11.8 Å². The van der Waals surface area contributed by atoms with E-state index in [1.54, 1.807) is 53.4 Å². The number of hydrogen-bond acceptors (Lipinski definition) is 3. The lowest BCUT2D eigenvalue weighted by atomic mass is 10.1. The standard InChI is InChI=1S/C22H24ClN3O3/c1-2-12-24-21(28)19-7-4-13-26(19)22(29)15-8-10-18(11-9-15)25-20(27)16-5-3-6-17(23)14-16/h3,5-6,8-11,14,19H,2,4,7,12-13H2,1H3,(H,24,28)(H,25,27)/t19-/m1/s1. The van der Waals surface area contributed by atoms with Crippen LogP contribution in [0.1, 0.15) is 46.9 Å². The first kappa shape index (κ1) is 20.9. The van der Waals surface area contributed by atoms with Crippen molar-refractivity contribution in [2.75, 3.05) is 18.4 Å². The summed E-state index contributed by atoms with van der Waals surface area (Å²) in [5.74, 6) is -0.547. The fourth-order valence-corrected chi connectivity index (χ4v) is 3.53. The van der Waals surface area contributed by atoms with E-state index < -0.39 is 6.04 Å². The Morgan fingerprint density at radius 3 is 2.55 bits per heavy atom. The van der Waals surface area contributed by atoms with Crippen molar-refractivity contribution in [3.63, 3.8) is 0 Å². The van der Waals surface area contributed by atoms with Gasteiger partial charge >= 0.3 is 0 Å². The number of likely N-dealkylation sites (tertiary alicyclic amines) is 1. The van der Waals surface area contributed by atoms with Gasteiger partial charge in [0.15, 0.2) is 0 Å². The van der Waals surface area contributed by atoms with Crippen LogP contribution < -0.4 is 10.6 Å². The maximum absolute atomic E-state index is 12.9. The predicted octanol–water partition coefficient (Wildman–Crippen LogP) is 3.72. The third-order valence-corrected chi connectivity index (χ3v) is 5.08. The van der Waals surface area contributed by atoms with Gasteiger partial charge in [0, 0.05) is 34.9 Å². The molecule has 0 saturated carbocycles. The molecular weight excluding hydrogens is 390 g/mol. The minimum absolute atomic E-state index is 0.0943. The van der Waals surface area contributed by atoms with E-state index in [1.165, 1.54) is 0 Å². The summed E-state index contributed by atoms with van der Waals surface area (Å²) >= 11 is 5.92. The molecule has 2 aromatic carbocycles. The van der Waals surface area contributed by atoms with Gasteiger partial charge in [-0.25, -0.2) is 0 Å². The Morgan fingerprint density at radius 1 is 1.10 bits per heavy atom. The molecule has 7 heteroatoms. The van der Waals surface area contributed by atoms with E-state index in [1.807, 2.05) is 6.92 Å². The quantitative estimate of drug-likeness (QED) is 0.757. The second kappa shape index (κ2) is 9.56. The Bertz CT molecular complexity index is 898. The summed E-state index contributed by atoms with van der Waals surface area (Å²) in [4.78, 5) is 39.1. The summed E-state index contributed by atoms with van der Waals surface area (Å²) in [5, 5.41) is 6.14. The highest BCUT2D eigenvalue weighted by Crippen LogP contribution is 2.21. The van der Waals surface area contributed by atoms with Crippen molar-refractivity contribution in [3.05, 3.63) is 64.7 Å². The highest BCUT2D eigenvalue weighted by molar-refractivity contribution is 6.31. The van der Waals surface area contributed by atoms with E-state index in [4.69, 9.17) is 11.6 Å². The lowest BCUT2D eigenvalue weighted by Crippen LogP contribution is -2.46.